The van der Waals surface area contributed by atoms with Crippen molar-refractivity contribution in [1.29, 1.82) is 5.26 Å². The summed E-state index contributed by atoms with van der Waals surface area (Å²) in [5.74, 6) is 1.82. The van der Waals surface area contributed by atoms with Gasteiger partial charge in [0.25, 0.3) is 0 Å². The number of aromatic nitrogens is 4. The molecule has 1 amide bonds. The Bertz CT molecular complexity index is 1380. The lowest BCUT2D eigenvalue weighted by atomic mass is 10.1. The van der Waals surface area contributed by atoms with Gasteiger partial charge in [-0.2, -0.15) is 5.26 Å². The number of pyridine rings is 2. The first kappa shape index (κ1) is 20.6. The lowest BCUT2D eigenvalue weighted by Crippen LogP contribution is -2.24. The molecule has 8 nitrogen and oxygen atoms in total. The standard InChI is InChI=1S/C25H23N7O/c1-16(33)27-8-9-32-15-29-22-11-19(4-5-23(22)32)21-12-20(18-2-3-18)13-25(30-21)31-24-10-17(14-26)6-7-28-24/h4-7,10-13,15,18H,2-3,8-9H2,1H3,(H,27,33)(H,28,30,31). The van der Waals surface area contributed by atoms with Crippen LogP contribution in [0.4, 0.5) is 11.6 Å². The van der Waals surface area contributed by atoms with Crippen molar-refractivity contribution in [3.8, 4) is 17.3 Å². The Morgan fingerprint density at radius 3 is 2.82 bits per heavy atom. The van der Waals surface area contributed by atoms with E-state index < -0.39 is 0 Å². The first-order chi connectivity index (χ1) is 16.1. The fourth-order valence-electron chi connectivity index (χ4n) is 3.87. The number of hydrogen-bond donors (Lipinski definition) is 2. The molecule has 2 N–H and O–H groups in total. The van der Waals surface area contributed by atoms with Gasteiger partial charge in [0.15, 0.2) is 0 Å². The molecule has 1 saturated carbocycles. The maximum atomic E-state index is 11.1. The number of imidazole rings is 1. The number of anilines is 2. The van der Waals surface area contributed by atoms with Crippen molar-refractivity contribution in [2.75, 3.05) is 11.9 Å². The zero-order valence-electron chi connectivity index (χ0n) is 18.2. The molecule has 5 rings (SSSR count). The van der Waals surface area contributed by atoms with E-state index in [1.807, 2.05) is 16.7 Å². The third kappa shape index (κ3) is 4.67. The van der Waals surface area contributed by atoms with Crippen molar-refractivity contribution in [3.63, 3.8) is 0 Å². The van der Waals surface area contributed by atoms with Crippen molar-refractivity contribution in [3.05, 3.63) is 66.1 Å². The van der Waals surface area contributed by atoms with Crippen LogP contribution in [0.3, 0.4) is 0 Å². The van der Waals surface area contributed by atoms with Gasteiger partial charge < -0.3 is 15.2 Å². The van der Waals surface area contributed by atoms with Gasteiger partial charge in [-0.1, -0.05) is 6.07 Å². The number of nitrogens with zero attached hydrogens (tertiary/aromatic N) is 5. The minimum Gasteiger partial charge on any atom is -0.355 e. The van der Waals surface area contributed by atoms with Gasteiger partial charge >= 0.3 is 0 Å². The molecule has 33 heavy (non-hydrogen) atoms. The van der Waals surface area contributed by atoms with E-state index in [2.05, 4.69) is 44.9 Å². The zero-order chi connectivity index (χ0) is 22.8. The highest BCUT2D eigenvalue weighted by atomic mass is 16.1. The number of rotatable bonds is 7. The van der Waals surface area contributed by atoms with E-state index in [9.17, 15) is 4.79 Å². The van der Waals surface area contributed by atoms with E-state index in [1.54, 1.807) is 24.7 Å². The average molecular weight is 438 g/mol. The van der Waals surface area contributed by atoms with Crippen LogP contribution in [0.15, 0.2) is 55.0 Å². The Kier molecular flexibility index (Phi) is 5.45. The first-order valence-corrected chi connectivity index (χ1v) is 10.9. The van der Waals surface area contributed by atoms with E-state index in [-0.39, 0.29) is 5.91 Å². The number of fused-ring (bicyclic) bond motifs is 1. The quantitative estimate of drug-likeness (QED) is 0.450. The molecule has 1 aliphatic carbocycles. The van der Waals surface area contributed by atoms with Crippen molar-refractivity contribution >= 4 is 28.6 Å². The van der Waals surface area contributed by atoms with Gasteiger partial charge in [0, 0.05) is 31.8 Å². The van der Waals surface area contributed by atoms with Gasteiger partial charge in [0.05, 0.1) is 34.7 Å². The second kappa shape index (κ2) is 8.71. The zero-order valence-corrected chi connectivity index (χ0v) is 18.2. The fraction of sp³-hybridized carbons (Fsp3) is 0.240. The summed E-state index contributed by atoms with van der Waals surface area (Å²) in [7, 11) is 0. The predicted octanol–water partition coefficient (Wildman–Crippen LogP) is 4.12. The monoisotopic (exact) mass is 437 g/mol. The van der Waals surface area contributed by atoms with Crippen LogP contribution in [0.1, 0.15) is 36.8 Å². The minimum atomic E-state index is -0.0395. The van der Waals surface area contributed by atoms with Crippen LogP contribution >= 0.6 is 0 Å². The Morgan fingerprint density at radius 1 is 1.15 bits per heavy atom. The molecule has 0 aliphatic heterocycles. The molecule has 0 bridgehead atoms. The number of carbonyl (C=O) groups excluding carboxylic acids is 1. The van der Waals surface area contributed by atoms with Crippen LogP contribution in [0.2, 0.25) is 0 Å². The number of benzene rings is 1. The molecule has 1 fully saturated rings. The topological polar surface area (TPSA) is 109 Å². The van der Waals surface area contributed by atoms with Gasteiger partial charge in [0.2, 0.25) is 5.91 Å². The van der Waals surface area contributed by atoms with Crippen molar-refractivity contribution < 1.29 is 4.79 Å². The molecule has 3 heterocycles. The molecule has 0 spiro atoms. The molecule has 3 aromatic heterocycles. The van der Waals surface area contributed by atoms with Crippen molar-refractivity contribution in [2.45, 2.75) is 32.2 Å². The third-order valence-electron chi connectivity index (χ3n) is 5.69. The van der Waals surface area contributed by atoms with Gasteiger partial charge in [0.1, 0.15) is 11.6 Å². The Labute approximate surface area is 191 Å². The number of nitrogens with one attached hydrogen (secondary N) is 2. The molecule has 0 radical (unpaired) electrons. The van der Waals surface area contributed by atoms with Crippen molar-refractivity contribution in [2.24, 2.45) is 0 Å². The lowest BCUT2D eigenvalue weighted by molar-refractivity contribution is -0.118. The van der Waals surface area contributed by atoms with E-state index in [1.165, 1.54) is 25.3 Å². The van der Waals surface area contributed by atoms with Crippen LogP contribution < -0.4 is 10.6 Å². The molecule has 164 valence electrons. The van der Waals surface area contributed by atoms with Gasteiger partial charge in [-0.3, -0.25) is 4.79 Å². The summed E-state index contributed by atoms with van der Waals surface area (Å²) >= 11 is 0. The number of carbonyl (C=O) groups is 1. The van der Waals surface area contributed by atoms with E-state index in [4.69, 9.17) is 10.2 Å². The average Bonchev–Trinajstić information content (AvgIpc) is 3.60. The van der Waals surface area contributed by atoms with Gasteiger partial charge in [-0.25, -0.2) is 15.0 Å². The summed E-state index contributed by atoms with van der Waals surface area (Å²) in [5.41, 5.74) is 5.54. The van der Waals surface area contributed by atoms with E-state index in [0.717, 1.165) is 22.3 Å². The first-order valence-electron chi connectivity index (χ1n) is 10.9. The normalized spacial score (nSPS) is 13.0. The Hall–Kier alpha value is -4.25. The molecule has 8 heteroatoms. The number of amides is 1. The van der Waals surface area contributed by atoms with Crippen LogP contribution in [0.25, 0.3) is 22.3 Å². The molecule has 1 aliphatic rings. The minimum absolute atomic E-state index is 0.0395. The smallest absolute Gasteiger partial charge is 0.216 e. The lowest BCUT2D eigenvalue weighted by Gasteiger charge is -2.11. The highest BCUT2D eigenvalue weighted by molar-refractivity contribution is 5.82. The van der Waals surface area contributed by atoms with Crippen LogP contribution in [-0.2, 0) is 11.3 Å². The Morgan fingerprint density at radius 2 is 2.03 bits per heavy atom. The maximum absolute atomic E-state index is 11.1. The van der Waals surface area contributed by atoms with E-state index >= 15 is 0 Å². The molecule has 4 aromatic rings. The third-order valence-corrected chi connectivity index (χ3v) is 5.69. The summed E-state index contributed by atoms with van der Waals surface area (Å²) in [6.45, 7) is 2.73. The maximum Gasteiger partial charge on any atom is 0.216 e. The van der Waals surface area contributed by atoms with Gasteiger partial charge in [-0.05, 0) is 60.7 Å². The predicted molar refractivity (Wildman–Crippen MR) is 126 cm³/mol. The summed E-state index contributed by atoms with van der Waals surface area (Å²) in [6.07, 6.45) is 5.78. The fourth-order valence-corrected chi connectivity index (χ4v) is 3.87. The Balaban J connectivity index is 1.45. The summed E-state index contributed by atoms with van der Waals surface area (Å²) in [5, 5.41) is 15.2. The van der Waals surface area contributed by atoms with E-state index in [0.29, 0.717) is 36.2 Å². The molecule has 0 atom stereocenters. The van der Waals surface area contributed by atoms with Crippen molar-refractivity contribution in [1.82, 2.24) is 24.8 Å². The van der Waals surface area contributed by atoms with Crippen LogP contribution in [0, 0.1) is 11.3 Å². The van der Waals surface area contributed by atoms with Gasteiger partial charge in [-0.15, -0.1) is 0 Å². The molecular weight excluding hydrogens is 414 g/mol. The molecule has 1 aromatic carbocycles. The molecular formula is C25H23N7O. The highest BCUT2D eigenvalue weighted by Gasteiger charge is 2.25. The van der Waals surface area contributed by atoms with Crippen LogP contribution in [0.5, 0.6) is 0 Å². The number of hydrogen-bond acceptors (Lipinski definition) is 6. The molecule has 0 unspecified atom stereocenters. The number of nitriles is 1. The summed E-state index contributed by atoms with van der Waals surface area (Å²) in [6, 6.07) is 15.9. The van der Waals surface area contributed by atoms with Crippen LogP contribution in [-0.4, -0.2) is 32.0 Å². The summed E-state index contributed by atoms with van der Waals surface area (Å²) < 4.78 is 2.03. The second-order valence-electron chi connectivity index (χ2n) is 8.24. The largest absolute Gasteiger partial charge is 0.355 e. The SMILES string of the molecule is CC(=O)NCCn1cnc2cc(-c3cc(C4CC4)cc(Nc4cc(C#N)ccn4)n3)ccc21. The second-order valence-corrected chi connectivity index (χ2v) is 8.24. The summed E-state index contributed by atoms with van der Waals surface area (Å²) in [4.78, 5) is 24.8. The molecule has 0 saturated heterocycles. The highest BCUT2D eigenvalue weighted by Crippen LogP contribution is 2.42.